The molecule has 9 heteroatoms. The summed E-state index contributed by atoms with van der Waals surface area (Å²) in [5, 5.41) is 15.7. The maximum Gasteiger partial charge on any atom is 0.274 e. The lowest BCUT2D eigenvalue weighted by Crippen LogP contribution is -2.21. The van der Waals surface area contributed by atoms with Crippen molar-refractivity contribution in [3.63, 3.8) is 0 Å². The van der Waals surface area contributed by atoms with Gasteiger partial charge in [-0.2, -0.15) is 10.2 Å². The second-order valence-electron chi connectivity index (χ2n) is 6.99. The predicted octanol–water partition coefficient (Wildman–Crippen LogP) is 3.73. The van der Waals surface area contributed by atoms with Crippen molar-refractivity contribution in [1.82, 2.24) is 15.4 Å². The first-order valence-corrected chi connectivity index (χ1v) is 9.93. The predicted molar refractivity (Wildman–Crippen MR) is 124 cm³/mol. The monoisotopic (exact) mass is 442 g/mol. The van der Waals surface area contributed by atoms with Crippen molar-refractivity contribution in [2.45, 2.75) is 13.3 Å². The van der Waals surface area contributed by atoms with E-state index in [0.29, 0.717) is 22.6 Å². The summed E-state index contributed by atoms with van der Waals surface area (Å²) in [7, 11) is 1.33. The highest BCUT2D eigenvalue weighted by atomic mass is 16.6. The van der Waals surface area contributed by atoms with E-state index in [1.54, 1.807) is 6.20 Å². The van der Waals surface area contributed by atoms with Crippen molar-refractivity contribution >= 4 is 34.8 Å². The molecule has 3 rings (SSSR count). The van der Waals surface area contributed by atoms with Crippen LogP contribution in [0.5, 0.6) is 0 Å². The minimum absolute atomic E-state index is 0.0903. The molecule has 2 aromatic carbocycles. The largest absolute Gasteiger partial charge is 0.340 e. The van der Waals surface area contributed by atoms with Crippen LogP contribution in [0.2, 0.25) is 0 Å². The molecule has 166 valence electrons. The molecule has 0 fully saturated rings. The van der Waals surface area contributed by atoms with Crippen LogP contribution >= 0.6 is 0 Å². The van der Waals surface area contributed by atoms with Crippen molar-refractivity contribution in [2.24, 2.45) is 0 Å². The van der Waals surface area contributed by atoms with Crippen molar-refractivity contribution in [2.75, 3.05) is 17.7 Å². The molecular weight excluding hydrogens is 420 g/mol. The molecule has 33 heavy (non-hydrogen) atoms. The van der Waals surface area contributed by atoms with E-state index in [-0.39, 0.29) is 18.2 Å². The van der Waals surface area contributed by atoms with Crippen molar-refractivity contribution in [3.05, 3.63) is 83.6 Å². The van der Waals surface area contributed by atoms with Gasteiger partial charge in [0.05, 0.1) is 18.4 Å². The Morgan fingerprint density at radius 1 is 1.18 bits per heavy atom. The molecule has 0 aliphatic carbocycles. The van der Waals surface area contributed by atoms with Gasteiger partial charge in [0.2, 0.25) is 5.95 Å². The molecule has 3 aromatic rings. The fraction of sp³-hybridized carbons (Fsp3) is 0.125. The number of benzene rings is 2. The zero-order valence-corrected chi connectivity index (χ0v) is 18.2. The van der Waals surface area contributed by atoms with E-state index in [9.17, 15) is 14.9 Å². The third kappa shape index (κ3) is 5.78. The zero-order valence-electron chi connectivity index (χ0n) is 18.2. The number of para-hydroxylation sites is 1. The molecule has 1 amide bonds. The number of ketones is 1. The number of allylic oxidation sites excluding steroid dienone is 1. The van der Waals surface area contributed by atoms with Crippen LogP contribution < -0.4 is 16.1 Å². The van der Waals surface area contributed by atoms with Gasteiger partial charge in [0.15, 0.2) is 5.78 Å². The number of hydrogen-bond donors (Lipinski definition) is 3. The van der Waals surface area contributed by atoms with Gasteiger partial charge in [-0.1, -0.05) is 24.8 Å². The average Bonchev–Trinajstić information content (AvgIpc) is 2.82. The topological polar surface area (TPSA) is 129 Å². The number of carbonyl (C=O) groups excluding carboxylic acids is 2. The number of carbonyl (C=O) groups is 2. The highest BCUT2D eigenvalue weighted by Crippen LogP contribution is 2.25. The van der Waals surface area contributed by atoms with E-state index in [4.69, 9.17) is 0 Å². The second-order valence-corrected chi connectivity index (χ2v) is 6.99. The Labute approximate surface area is 191 Å². The van der Waals surface area contributed by atoms with E-state index < -0.39 is 5.91 Å². The van der Waals surface area contributed by atoms with E-state index in [1.165, 1.54) is 31.4 Å². The third-order valence-electron chi connectivity index (χ3n) is 4.68. The summed E-state index contributed by atoms with van der Waals surface area (Å²) in [6.45, 7) is 5.37. The summed E-state index contributed by atoms with van der Waals surface area (Å²) in [5.74, 6) is 0.205. The molecular formula is C24H22N6O3. The van der Waals surface area contributed by atoms with Crippen LogP contribution in [-0.4, -0.2) is 28.8 Å². The Balaban J connectivity index is 1.90. The fourth-order valence-corrected chi connectivity index (χ4v) is 2.97. The molecule has 0 atom stereocenters. The van der Waals surface area contributed by atoms with Crippen LogP contribution in [-0.2, 0) is 16.1 Å². The standard InChI is InChI=1S/C24H22N6O3/c1-4-19(31)11-16-7-5-6-8-20(16)27-22-15(2)14-26-24(29-22)28-21-12-17(23(32)30-33-3)9-10-18(21)13-25/h4-10,12,14H,1,11H2,2-3H3,(H,30,32)(H2,26,27,28,29). The summed E-state index contributed by atoms with van der Waals surface area (Å²) >= 11 is 0. The normalized spacial score (nSPS) is 10.1. The molecule has 1 aromatic heterocycles. The molecule has 0 unspecified atom stereocenters. The van der Waals surface area contributed by atoms with Crippen LogP contribution in [0.1, 0.15) is 27.0 Å². The van der Waals surface area contributed by atoms with Crippen LogP contribution in [0.25, 0.3) is 0 Å². The maximum absolute atomic E-state index is 12.1. The molecule has 3 N–H and O–H groups in total. The summed E-state index contributed by atoms with van der Waals surface area (Å²) in [6, 6.07) is 14.0. The smallest absolute Gasteiger partial charge is 0.274 e. The molecule has 0 saturated heterocycles. The maximum atomic E-state index is 12.1. The van der Waals surface area contributed by atoms with E-state index in [2.05, 4.69) is 43.6 Å². The first kappa shape index (κ1) is 23.1. The van der Waals surface area contributed by atoms with Crippen molar-refractivity contribution in [3.8, 4) is 6.07 Å². The third-order valence-corrected chi connectivity index (χ3v) is 4.68. The number of hydrogen-bond acceptors (Lipinski definition) is 8. The van der Waals surface area contributed by atoms with E-state index >= 15 is 0 Å². The highest BCUT2D eigenvalue weighted by molar-refractivity contribution is 5.95. The lowest BCUT2D eigenvalue weighted by atomic mass is 10.1. The zero-order chi connectivity index (χ0) is 23.8. The van der Waals surface area contributed by atoms with Crippen molar-refractivity contribution in [1.29, 1.82) is 5.26 Å². The number of hydroxylamine groups is 1. The first-order chi connectivity index (χ1) is 15.9. The molecule has 0 saturated carbocycles. The minimum atomic E-state index is -0.456. The van der Waals surface area contributed by atoms with Crippen LogP contribution in [0.4, 0.5) is 23.1 Å². The lowest BCUT2D eigenvalue weighted by molar-refractivity contribution is -0.114. The Morgan fingerprint density at radius 2 is 1.97 bits per heavy atom. The number of nitrogens with one attached hydrogen (secondary N) is 3. The average molecular weight is 442 g/mol. The van der Waals surface area contributed by atoms with Crippen LogP contribution in [0.3, 0.4) is 0 Å². The fourth-order valence-electron chi connectivity index (χ4n) is 2.97. The van der Waals surface area contributed by atoms with Gasteiger partial charge in [0.25, 0.3) is 5.91 Å². The van der Waals surface area contributed by atoms with Gasteiger partial charge >= 0.3 is 0 Å². The lowest BCUT2D eigenvalue weighted by Gasteiger charge is -2.14. The number of aromatic nitrogens is 2. The van der Waals surface area contributed by atoms with E-state index in [1.807, 2.05) is 31.2 Å². The molecule has 9 nitrogen and oxygen atoms in total. The van der Waals surface area contributed by atoms with Gasteiger partial charge < -0.3 is 10.6 Å². The van der Waals surface area contributed by atoms with Gasteiger partial charge in [0, 0.05) is 29.4 Å². The summed E-state index contributed by atoms with van der Waals surface area (Å²) in [5.41, 5.74) is 5.53. The number of amides is 1. The molecule has 0 radical (unpaired) electrons. The number of nitriles is 1. The molecule has 0 spiro atoms. The number of aryl methyl sites for hydroxylation is 1. The Hall–Kier alpha value is -4.55. The summed E-state index contributed by atoms with van der Waals surface area (Å²) in [4.78, 5) is 37.4. The second kappa shape index (κ2) is 10.7. The van der Waals surface area contributed by atoms with Gasteiger partial charge in [-0.25, -0.2) is 10.5 Å². The summed E-state index contributed by atoms with van der Waals surface area (Å²) in [6.07, 6.45) is 3.13. The Morgan fingerprint density at radius 3 is 2.70 bits per heavy atom. The van der Waals surface area contributed by atoms with Crippen LogP contribution in [0, 0.1) is 18.3 Å². The van der Waals surface area contributed by atoms with Crippen molar-refractivity contribution < 1.29 is 14.4 Å². The summed E-state index contributed by atoms with van der Waals surface area (Å²) < 4.78 is 0. The van der Waals surface area contributed by atoms with Crippen LogP contribution in [0.15, 0.2) is 61.3 Å². The molecule has 0 bridgehead atoms. The minimum Gasteiger partial charge on any atom is -0.340 e. The number of nitrogens with zero attached hydrogens (tertiary/aromatic N) is 3. The van der Waals surface area contributed by atoms with Gasteiger partial charge in [0.1, 0.15) is 11.9 Å². The Kier molecular flexibility index (Phi) is 7.47. The molecule has 0 aliphatic heterocycles. The first-order valence-electron chi connectivity index (χ1n) is 9.93. The molecule has 0 aliphatic rings. The number of anilines is 4. The molecule has 1 heterocycles. The Bertz CT molecular complexity index is 1250. The van der Waals surface area contributed by atoms with Gasteiger partial charge in [-0.15, -0.1) is 0 Å². The SMILES string of the molecule is C=CC(=O)Cc1ccccc1Nc1nc(Nc2cc(C(=O)NOC)ccc2C#N)ncc1C. The van der Waals surface area contributed by atoms with Gasteiger partial charge in [-0.3, -0.25) is 14.4 Å². The highest BCUT2D eigenvalue weighted by Gasteiger charge is 2.13. The number of rotatable bonds is 9. The van der Waals surface area contributed by atoms with E-state index in [0.717, 1.165) is 16.8 Å². The quantitative estimate of drug-likeness (QED) is 0.338. The van der Waals surface area contributed by atoms with Gasteiger partial charge in [-0.05, 0) is 42.8 Å².